The molecule has 80 valence electrons. The number of hydrogen-bond acceptors (Lipinski definition) is 4. The van der Waals surface area contributed by atoms with Crippen molar-refractivity contribution in [2.75, 3.05) is 13.2 Å². The van der Waals surface area contributed by atoms with Crippen molar-refractivity contribution in [3.63, 3.8) is 0 Å². The zero-order valence-electron chi connectivity index (χ0n) is 9.32. The quantitative estimate of drug-likeness (QED) is 0.317. The van der Waals surface area contributed by atoms with Crippen molar-refractivity contribution in [2.45, 2.75) is 39.5 Å². The van der Waals surface area contributed by atoms with Crippen LogP contribution in [0.3, 0.4) is 0 Å². The van der Waals surface area contributed by atoms with E-state index in [2.05, 4.69) is 16.0 Å². The van der Waals surface area contributed by atoms with E-state index >= 15 is 0 Å². The number of phosphoric acid groups is 1. The van der Waals surface area contributed by atoms with E-state index in [4.69, 9.17) is 0 Å². The van der Waals surface area contributed by atoms with Gasteiger partial charge in [-0.05, 0) is 13.3 Å². The molecule has 0 N–H and O–H groups in total. The predicted molar refractivity (Wildman–Crippen MR) is 49.3 cm³/mol. The molecule has 0 heterocycles. The van der Waals surface area contributed by atoms with Crippen molar-refractivity contribution >= 4 is 7.82 Å². The third kappa shape index (κ3) is 11.8. The minimum absolute atomic E-state index is 0. The summed E-state index contributed by atoms with van der Waals surface area (Å²) in [6.45, 7) is 4.08. The smallest absolute Gasteiger partial charge is 0.756 e. The first-order valence-electron chi connectivity index (χ1n) is 4.72. The maximum Gasteiger partial charge on any atom is 1.00 e. The van der Waals surface area contributed by atoms with Crippen molar-refractivity contribution in [1.29, 1.82) is 0 Å². The number of rotatable bonds is 8. The first kappa shape index (κ1) is 18.1. The molecule has 0 aliphatic rings. The molecule has 6 heteroatoms. The van der Waals surface area contributed by atoms with Crippen LogP contribution >= 0.6 is 7.82 Å². The van der Waals surface area contributed by atoms with E-state index in [1.807, 2.05) is 0 Å². The number of unbranched alkanes of at least 4 members (excludes halogenated alkanes) is 3. The summed E-state index contributed by atoms with van der Waals surface area (Å²) < 4.78 is 19.9. The molecule has 0 bridgehead atoms. The van der Waals surface area contributed by atoms with Gasteiger partial charge in [0.2, 0.25) is 0 Å². The van der Waals surface area contributed by atoms with Gasteiger partial charge in [0.1, 0.15) is 0 Å². The topological polar surface area (TPSA) is 58.6 Å². The van der Waals surface area contributed by atoms with Crippen LogP contribution in [0.4, 0.5) is 0 Å². The van der Waals surface area contributed by atoms with E-state index in [1.165, 1.54) is 0 Å². The van der Waals surface area contributed by atoms with Crippen LogP contribution in [0.5, 0.6) is 0 Å². The molecule has 4 nitrogen and oxygen atoms in total. The molecule has 0 aliphatic carbocycles. The van der Waals surface area contributed by atoms with Gasteiger partial charge in [0, 0.05) is 0 Å². The average Bonchev–Trinajstić information content (AvgIpc) is 2.04. The first-order chi connectivity index (χ1) is 6.12. The summed E-state index contributed by atoms with van der Waals surface area (Å²) in [5.41, 5.74) is 0. The Kier molecular flexibility index (Phi) is 14.5. The van der Waals surface area contributed by atoms with Gasteiger partial charge in [0.05, 0.1) is 13.2 Å². The summed E-state index contributed by atoms with van der Waals surface area (Å²) in [6, 6.07) is 0. The summed E-state index contributed by atoms with van der Waals surface area (Å²) >= 11 is 0. The summed E-state index contributed by atoms with van der Waals surface area (Å²) in [5, 5.41) is 0. The summed E-state index contributed by atoms with van der Waals surface area (Å²) in [7, 11) is -3.99. The fraction of sp³-hybridized carbons (Fsp3) is 1.00. The van der Waals surface area contributed by atoms with Crippen LogP contribution in [0.2, 0.25) is 0 Å². The SMILES string of the molecule is CCCCCCOP(=O)([O-])OCC.[K+]. The molecule has 14 heavy (non-hydrogen) atoms. The molecule has 0 radical (unpaired) electrons. The van der Waals surface area contributed by atoms with Gasteiger partial charge in [-0.15, -0.1) is 0 Å². The van der Waals surface area contributed by atoms with Gasteiger partial charge in [0.15, 0.2) is 0 Å². The van der Waals surface area contributed by atoms with E-state index in [-0.39, 0.29) is 64.6 Å². The van der Waals surface area contributed by atoms with Crippen molar-refractivity contribution in [1.82, 2.24) is 0 Å². The van der Waals surface area contributed by atoms with Crippen LogP contribution in [0, 0.1) is 0 Å². The van der Waals surface area contributed by atoms with Gasteiger partial charge >= 0.3 is 51.4 Å². The Hall–Kier alpha value is 1.75. The van der Waals surface area contributed by atoms with Crippen LogP contribution in [0.1, 0.15) is 39.5 Å². The Morgan fingerprint density at radius 3 is 2.29 bits per heavy atom. The summed E-state index contributed by atoms with van der Waals surface area (Å²) in [5.74, 6) is 0. The third-order valence-corrected chi connectivity index (χ3v) is 2.61. The molecule has 0 aromatic heterocycles. The minimum atomic E-state index is -3.99. The Balaban J connectivity index is 0. The summed E-state index contributed by atoms with van der Waals surface area (Å²) in [6.07, 6.45) is 4.01. The Morgan fingerprint density at radius 1 is 1.14 bits per heavy atom. The predicted octanol–water partition coefficient (Wildman–Crippen LogP) is -0.908. The van der Waals surface area contributed by atoms with Crippen LogP contribution in [0.15, 0.2) is 0 Å². The van der Waals surface area contributed by atoms with Gasteiger partial charge in [0.25, 0.3) is 7.82 Å². The molecular weight excluding hydrogens is 230 g/mol. The molecule has 1 unspecified atom stereocenters. The standard InChI is InChI=1S/C8H19O4P.K/c1-3-5-6-7-8-12-13(9,10)11-4-2;/h3-8H2,1-2H3,(H,9,10);/q;+1/p-1. The van der Waals surface area contributed by atoms with E-state index in [0.717, 1.165) is 25.7 Å². The normalized spacial score (nSPS) is 14.5. The largest absolute Gasteiger partial charge is 1.00 e. The third-order valence-electron chi connectivity index (χ3n) is 1.53. The molecule has 0 aromatic carbocycles. The molecule has 0 spiro atoms. The van der Waals surface area contributed by atoms with Crippen LogP contribution in [-0.2, 0) is 13.6 Å². The van der Waals surface area contributed by atoms with Gasteiger partial charge in [-0.3, -0.25) is 4.57 Å². The molecule has 1 atom stereocenters. The molecule has 0 rings (SSSR count). The van der Waals surface area contributed by atoms with Gasteiger partial charge in [-0.25, -0.2) is 0 Å². The Bertz CT molecular complexity index is 165. The molecule has 0 fully saturated rings. The van der Waals surface area contributed by atoms with E-state index in [9.17, 15) is 9.46 Å². The Morgan fingerprint density at radius 2 is 1.79 bits per heavy atom. The average molecular weight is 248 g/mol. The molecular formula is C8H18KO4P. The second-order valence-electron chi connectivity index (χ2n) is 2.76. The fourth-order valence-corrected chi connectivity index (χ4v) is 1.64. The van der Waals surface area contributed by atoms with Crippen LogP contribution in [-0.4, -0.2) is 13.2 Å². The molecule has 0 saturated heterocycles. The van der Waals surface area contributed by atoms with E-state index in [0.29, 0.717) is 0 Å². The van der Waals surface area contributed by atoms with Gasteiger partial charge in [-0.2, -0.15) is 0 Å². The Labute approximate surface area is 129 Å². The van der Waals surface area contributed by atoms with E-state index in [1.54, 1.807) is 6.92 Å². The zero-order valence-corrected chi connectivity index (χ0v) is 13.3. The van der Waals surface area contributed by atoms with E-state index < -0.39 is 7.82 Å². The second kappa shape index (κ2) is 11.2. The van der Waals surface area contributed by atoms with Crippen LogP contribution < -0.4 is 56.3 Å². The zero-order chi connectivity index (χ0) is 10.2. The number of phosphoric ester groups is 1. The van der Waals surface area contributed by atoms with Gasteiger partial charge in [-0.1, -0.05) is 26.2 Å². The first-order valence-corrected chi connectivity index (χ1v) is 6.18. The van der Waals surface area contributed by atoms with Crippen molar-refractivity contribution in [3.8, 4) is 0 Å². The summed E-state index contributed by atoms with van der Waals surface area (Å²) in [4.78, 5) is 10.8. The van der Waals surface area contributed by atoms with Crippen LogP contribution in [0.25, 0.3) is 0 Å². The van der Waals surface area contributed by atoms with Gasteiger partial charge < -0.3 is 13.9 Å². The number of hydrogen-bond donors (Lipinski definition) is 0. The molecule has 0 aliphatic heterocycles. The maximum atomic E-state index is 10.8. The molecule has 0 amide bonds. The van der Waals surface area contributed by atoms with Crippen molar-refractivity contribution < 1.29 is 69.9 Å². The monoisotopic (exact) mass is 248 g/mol. The second-order valence-corrected chi connectivity index (χ2v) is 4.17. The van der Waals surface area contributed by atoms with Crippen molar-refractivity contribution in [3.05, 3.63) is 0 Å². The fourth-order valence-electron chi connectivity index (χ4n) is 0.901. The molecule has 0 aromatic rings. The molecule has 0 saturated carbocycles. The van der Waals surface area contributed by atoms with Crippen molar-refractivity contribution in [2.24, 2.45) is 0 Å². The minimum Gasteiger partial charge on any atom is -0.756 e. The maximum absolute atomic E-state index is 10.8.